The van der Waals surface area contributed by atoms with Crippen LogP contribution in [0.15, 0.2) is 24.3 Å². The largest absolute Gasteiger partial charge is 0.325 e. The van der Waals surface area contributed by atoms with E-state index in [-0.39, 0.29) is 11.4 Å². The van der Waals surface area contributed by atoms with Gasteiger partial charge in [-0.05, 0) is 12.1 Å². The van der Waals surface area contributed by atoms with Crippen LogP contribution in [0, 0.1) is 10.1 Å². The van der Waals surface area contributed by atoms with E-state index in [0.717, 1.165) is 7.11 Å². The fourth-order valence-corrected chi connectivity index (χ4v) is 1.59. The van der Waals surface area contributed by atoms with E-state index in [1.807, 2.05) is 0 Å². The number of nitro benzene ring substituents is 1. The van der Waals surface area contributed by atoms with E-state index in [2.05, 4.69) is 9.50 Å². The molecule has 0 aliphatic rings. The third-order valence-corrected chi connectivity index (χ3v) is 3.05. The second kappa shape index (κ2) is 5.56. The molecule has 9 heteroatoms. The highest BCUT2D eigenvalue weighted by Gasteiger charge is 2.15. The predicted octanol–water partition coefficient (Wildman–Crippen LogP) is 0.510. The molecule has 1 N–H and O–H groups in total. The maximum Gasteiger partial charge on any atom is 0.276 e. The van der Waals surface area contributed by atoms with Gasteiger partial charge in [-0.2, -0.15) is 8.42 Å². The number of rotatable bonds is 5. The Morgan fingerprint density at radius 2 is 1.94 bits per heavy atom. The predicted molar refractivity (Wildman–Crippen MR) is 62.5 cm³/mol. The minimum atomic E-state index is -3.88. The van der Waals surface area contributed by atoms with Crippen LogP contribution < -0.4 is 5.32 Å². The fourth-order valence-electron chi connectivity index (χ4n) is 1.08. The first-order valence-electron chi connectivity index (χ1n) is 4.66. The lowest BCUT2D eigenvalue weighted by Gasteiger charge is -2.04. The first kappa shape index (κ1) is 14.1. The van der Waals surface area contributed by atoms with Crippen LogP contribution in [0.3, 0.4) is 0 Å². The van der Waals surface area contributed by atoms with Gasteiger partial charge in [-0.25, -0.2) is 0 Å². The Balaban J connectivity index is 2.68. The van der Waals surface area contributed by atoms with Crippen molar-refractivity contribution in [1.82, 2.24) is 0 Å². The standard InChI is InChI=1S/C9H10N2O6S/c1-17-18(15,16)6-9(12)10-7-2-4-8(5-3-7)11(13)14/h2-5H,6H2,1H3,(H,10,12). The van der Waals surface area contributed by atoms with Gasteiger partial charge in [0.25, 0.3) is 15.8 Å². The zero-order valence-electron chi connectivity index (χ0n) is 9.32. The number of anilines is 1. The van der Waals surface area contributed by atoms with Gasteiger partial charge in [-0.15, -0.1) is 0 Å². The van der Waals surface area contributed by atoms with E-state index in [1.165, 1.54) is 24.3 Å². The van der Waals surface area contributed by atoms with Crippen LogP contribution in [0.25, 0.3) is 0 Å². The highest BCUT2D eigenvalue weighted by Crippen LogP contribution is 2.15. The van der Waals surface area contributed by atoms with E-state index in [4.69, 9.17) is 0 Å². The second-order valence-electron chi connectivity index (χ2n) is 3.22. The Labute approximate surface area is 103 Å². The van der Waals surface area contributed by atoms with Gasteiger partial charge in [0.15, 0.2) is 5.75 Å². The van der Waals surface area contributed by atoms with Gasteiger partial charge in [-0.3, -0.25) is 19.1 Å². The maximum absolute atomic E-state index is 11.3. The number of amides is 1. The molecule has 18 heavy (non-hydrogen) atoms. The van der Waals surface area contributed by atoms with Gasteiger partial charge in [0, 0.05) is 17.8 Å². The zero-order chi connectivity index (χ0) is 13.8. The normalized spacial score (nSPS) is 10.9. The Kier molecular flexibility index (Phi) is 4.34. The lowest BCUT2D eigenvalue weighted by atomic mass is 10.3. The van der Waals surface area contributed by atoms with E-state index < -0.39 is 26.7 Å². The molecule has 0 aromatic heterocycles. The molecule has 0 bridgehead atoms. The highest BCUT2D eigenvalue weighted by molar-refractivity contribution is 7.87. The zero-order valence-corrected chi connectivity index (χ0v) is 10.1. The van der Waals surface area contributed by atoms with E-state index in [0.29, 0.717) is 0 Å². The first-order chi connectivity index (χ1) is 8.34. The summed E-state index contributed by atoms with van der Waals surface area (Å²) in [5.41, 5.74) is 0.134. The lowest BCUT2D eigenvalue weighted by Crippen LogP contribution is -2.23. The van der Waals surface area contributed by atoms with Crippen molar-refractivity contribution >= 4 is 27.4 Å². The third-order valence-electron chi connectivity index (χ3n) is 1.92. The number of nitro groups is 1. The molecular formula is C9H10N2O6S. The van der Waals surface area contributed by atoms with Gasteiger partial charge >= 0.3 is 0 Å². The fraction of sp³-hybridized carbons (Fsp3) is 0.222. The summed E-state index contributed by atoms with van der Waals surface area (Å²) in [4.78, 5) is 21.1. The molecule has 98 valence electrons. The Bertz CT molecular complexity index is 551. The molecule has 8 nitrogen and oxygen atoms in total. The molecule has 1 aromatic carbocycles. The molecule has 0 unspecified atom stereocenters. The molecule has 0 fully saturated rings. The average Bonchev–Trinajstić information content (AvgIpc) is 2.29. The summed E-state index contributed by atoms with van der Waals surface area (Å²) in [5.74, 6) is -1.61. The van der Waals surface area contributed by atoms with Crippen molar-refractivity contribution in [2.75, 3.05) is 18.2 Å². The van der Waals surface area contributed by atoms with E-state index in [9.17, 15) is 23.3 Å². The Morgan fingerprint density at radius 1 is 1.39 bits per heavy atom. The quantitative estimate of drug-likeness (QED) is 0.475. The number of hydrogen-bond acceptors (Lipinski definition) is 6. The minimum Gasteiger partial charge on any atom is -0.325 e. The number of carbonyl (C=O) groups is 1. The van der Waals surface area contributed by atoms with Crippen molar-refractivity contribution in [3.8, 4) is 0 Å². The monoisotopic (exact) mass is 274 g/mol. The summed E-state index contributed by atoms with van der Waals surface area (Å²) in [6.45, 7) is 0. The molecule has 0 atom stereocenters. The average molecular weight is 274 g/mol. The third kappa shape index (κ3) is 4.11. The van der Waals surface area contributed by atoms with Crippen LogP contribution >= 0.6 is 0 Å². The van der Waals surface area contributed by atoms with Crippen molar-refractivity contribution in [1.29, 1.82) is 0 Å². The second-order valence-corrected chi connectivity index (χ2v) is 4.96. The number of carbonyl (C=O) groups excluding carboxylic acids is 1. The van der Waals surface area contributed by atoms with Crippen LogP contribution in [0.5, 0.6) is 0 Å². The first-order valence-corrected chi connectivity index (χ1v) is 6.24. The van der Waals surface area contributed by atoms with Crippen LogP contribution in [0.1, 0.15) is 0 Å². The molecule has 0 radical (unpaired) electrons. The summed E-state index contributed by atoms with van der Waals surface area (Å²) in [7, 11) is -2.93. The number of benzene rings is 1. The van der Waals surface area contributed by atoms with Crippen molar-refractivity contribution in [2.45, 2.75) is 0 Å². The summed E-state index contributed by atoms with van der Waals surface area (Å²) in [5, 5.41) is 12.7. The van der Waals surface area contributed by atoms with Gasteiger partial charge in [0.1, 0.15) is 0 Å². The molecular weight excluding hydrogens is 264 g/mol. The van der Waals surface area contributed by atoms with E-state index >= 15 is 0 Å². The molecule has 0 saturated heterocycles. The highest BCUT2D eigenvalue weighted by atomic mass is 32.2. The van der Waals surface area contributed by atoms with Crippen molar-refractivity contribution < 1.29 is 22.3 Å². The summed E-state index contributed by atoms with van der Waals surface area (Å²) < 4.78 is 26.1. The summed E-state index contributed by atoms with van der Waals surface area (Å²) in [6, 6.07) is 4.99. The van der Waals surface area contributed by atoms with Gasteiger partial charge in [-0.1, -0.05) is 0 Å². The molecule has 0 aliphatic carbocycles. The van der Waals surface area contributed by atoms with Gasteiger partial charge in [0.2, 0.25) is 5.91 Å². The van der Waals surface area contributed by atoms with E-state index in [1.54, 1.807) is 0 Å². The number of hydrogen-bond donors (Lipinski definition) is 1. The molecule has 1 rings (SSSR count). The van der Waals surface area contributed by atoms with Gasteiger partial charge < -0.3 is 5.32 Å². The van der Waals surface area contributed by atoms with Crippen LogP contribution in [0.4, 0.5) is 11.4 Å². The lowest BCUT2D eigenvalue weighted by molar-refractivity contribution is -0.384. The molecule has 0 saturated carbocycles. The summed E-state index contributed by atoms with van der Waals surface area (Å²) in [6.07, 6.45) is 0. The Morgan fingerprint density at radius 3 is 2.39 bits per heavy atom. The molecule has 1 amide bonds. The number of non-ortho nitro benzene ring substituents is 1. The van der Waals surface area contributed by atoms with Crippen LogP contribution in [-0.4, -0.2) is 32.1 Å². The maximum atomic E-state index is 11.3. The molecule has 0 spiro atoms. The van der Waals surface area contributed by atoms with Crippen LogP contribution in [0.2, 0.25) is 0 Å². The molecule has 1 aromatic rings. The minimum absolute atomic E-state index is 0.127. The smallest absolute Gasteiger partial charge is 0.276 e. The summed E-state index contributed by atoms with van der Waals surface area (Å²) >= 11 is 0. The molecule has 0 aliphatic heterocycles. The topological polar surface area (TPSA) is 116 Å². The van der Waals surface area contributed by atoms with Crippen LogP contribution in [-0.2, 0) is 19.1 Å². The molecule has 0 heterocycles. The SMILES string of the molecule is COS(=O)(=O)CC(=O)Nc1ccc([N+](=O)[O-])cc1. The van der Waals surface area contributed by atoms with Gasteiger partial charge in [0.05, 0.1) is 12.0 Å². The van der Waals surface area contributed by atoms with Crippen molar-refractivity contribution in [3.63, 3.8) is 0 Å². The van der Waals surface area contributed by atoms with Crippen molar-refractivity contribution in [2.24, 2.45) is 0 Å². The van der Waals surface area contributed by atoms with Crippen molar-refractivity contribution in [3.05, 3.63) is 34.4 Å². The number of nitrogens with zero attached hydrogens (tertiary/aromatic N) is 1. The Hall–Kier alpha value is -2.00. The number of nitrogens with one attached hydrogen (secondary N) is 1.